The molecule has 0 aromatic rings. The number of rotatable bonds is 8. The lowest BCUT2D eigenvalue weighted by Crippen LogP contribution is -2.47. The van der Waals surface area contributed by atoms with E-state index in [1.807, 2.05) is 4.90 Å². The number of thioether (sulfide) groups is 1. The van der Waals surface area contributed by atoms with E-state index in [0.717, 1.165) is 18.7 Å². The molecular formula is C16H30N3O5PS. The highest BCUT2D eigenvalue weighted by Gasteiger charge is 2.45. The van der Waals surface area contributed by atoms with Crippen LogP contribution in [0, 0.1) is 0 Å². The molecule has 26 heavy (non-hydrogen) atoms. The van der Waals surface area contributed by atoms with Gasteiger partial charge in [0, 0.05) is 26.0 Å². The maximum atomic E-state index is 13.7. The van der Waals surface area contributed by atoms with Crippen LogP contribution < -0.4 is 5.09 Å². The molecule has 0 saturated carbocycles. The maximum absolute atomic E-state index is 13.7. The summed E-state index contributed by atoms with van der Waals surface area (Å²) in [5.74, 6) is 1.17. The summed E-state index contributed by atoms with van der Waals surface area (Å²) in [5, 5.41) is 2.92. The molecule has 1 amide bonds. The first-order chi connectivity index (χ1) is 12.3. The van der Waals surface area contributed by atoms with E-state index in [4.69, 9.17) is 9.47 Å². The molecule has 2 aliphatic rings. The molecule has 0 aromatic carbocycles. The lowest BCUT2D eigenvalue weighted by Gasteiger charge is -2.35. The van der Waals surface area contributed by atoms with E-state index >= 15 is 0 Å². The summed E-state index contributed by atoms with van der Waals surface area (Å²) in [7, 11) is -1.80. The zero-order chi connectivity index (χ0) is 19.3. The fourth-order valence-corrected chi connectivity index (χ4v) is 6.75. The summed E-state index contributed by atoms with van der Waals surface area (Å²) >= 11 is 1.72. The summed E-state index contributed by atoms with van der Waals surface area (Å²) in [6.07, 6.45) is 1.14. The van der Waals surface area contributed by atoms with Gasteiger partial charge in [-0.15, -0.1) is 11.8 Å². The van der Waals surface area contributed by atoms with Crippen LogP contribution in [0.4, 0.5) is 0 Å². The Bertz CT molecular complexity index is 556. The predicted molar refractivity (Wildman–Crippen MR) is 102 cm³/mol. The Hall–Kier alpha value is -0.600. The first kappa shape index (κ1) is 21.7. The number of hydrogen-bond donors (Lipinski definition) is 1. The van der Waals surface area contributed by atoms with Crippen LogP contribution in [0.15, 0.2) is 0 Å². The normalized spacial score (nSPS) is 24.7. The summed E-state index contributed by atoms with van der Waals surface area (Å²) in [5.41, 5.74) is 0. The van der Waals surface area contributed by atoms with Gasteiger partial charge in [-0.2, -0.15) is 0 Å². The number of nitrogens with one attached hydrogen (secondary N) is 1. The lowest BCUT2D eigenvalue weighted by molar-refractivity contribution is -0.149. The highest BCUT2D eigenvalue weighted by Crippen LogP contribution is 2.50. The van der Waals surface area contributed by atoms with E-state index in [9.17, 15) is 14.2 Å². The van der Waals surface area contributed by atoms with Gasteiger partial charge in [0.05, 0.1) is 18.0 Å². The number of carbonyl (C=O) groups excluding carboxylic acids is 2. The second kappa shape index (κ2) is 9.55. The van der Waals surface area contributed by atoms with E-state index in [2.05, 4.69) is 5.09 Å². The molecule has 1 N–H and O–H groups in total. The Kier molecular flexibility index (Phi) is 7.97. The summed E-state index contributed by atoms with van der Waals surface area (Å²) in [4.78, 5) is 26.8. The second-order valence-electron chi connectivity index (χ2n) is 6.92. The molecule has 3 atom stereocenters. The zero-order valence-electron chi connectivity index (χ0n) is 16.0. The van der Waals surface area contributed by atoms with Crippen LogP contribution in [-0.4, -0.2) is 77.8 Å². The summed E-state index contributed by atoms with van der Waals surface area (Å²) in [6, 6.07) is -1.19. The smallest absolute Gasteiger partial charge is 0.323 e. The summed E-state index contributed by atoms with van der Waals surface area (Å²) < 4.78 is 25.8. The van der Waals surface area contributed by atoms with E-state index in [0.29, 0.717) is 18.8 Å². The monoisotopic (exact) mass is 407 g/mol. The molecule has 0 aliphatic carbocycles. The molecule has 8 nitrogen and oxygen atoms in total. The number of ether oxygens (including phenoxy) is 2. The molecule has 2 saturated heterocycles. The van der Waals surface area contributed by atoms with Gasteiger partial charge in [-0.05, 0) is 33.6 Å². The summed E-state index contributed by atoms with van der Waals surface area (Å²) in [6.45, 7) is 6.42. The first-order valence-corrected chi connectivity index (χ1v) is 12.0. The number of hydrogen-bond acceptors (Lipinski definition) is 6. The van der Waals surface area contributed by atoms with E-state index < -0.39 is 25.5 Å². The highest BCUT2D eigenvalue weighted by molar-refractivity contribution is 7.99. The molecule has 0 bridgehead atoms. The minimum absolute atomic E-state index is 0.0167. The zero-order valence-corrected chi connectivity index (χ0v) is 17.7. The Morgan fingerprint density at radius 3 is 2.62 bits per heavy atom. The van der Waals surface area contributed by atoms with Crippen LogP contribution >= 0.6 is 19.2 Å². The minimum Gasteiger partial charge on any atom is -0.462 e. The largest absolute Gasteiger partial charge is 0.462 e. The molecule has 2 fully saturated rings. The molecule has 150 valence electrons. The van der Waals surface area contributed by atoms with Crippen LogP contribution in [0.1, 0.15) is 33.6 Å². The van der Waals surface area contributed by atoms with Crippen molar-refractivity contribution in [3.05, 3.63) is 0 Å². The molecule has 2 heterocycles. The lowest BCUT2D eigenvalue weighted by atomic mass is 10.2. The molecule has 0 spiro atoms. The Morgan fingerprint density at radius 1 is 1.31 bits per heavy atom. The van der Waals surface area contributed by atoms with Gasteiger partial charge in [0.2, 0.25) is 13.4 Å². The van der Waals surface area contributed by atoms with E-state index in [1.54, 1.807) is 37.2 Å². The third kappa shape index (κ3) is 5.23. The van der Waals surface area contributed by atoms with Crippen LogP contribution in [0.2, 0.25) is 0 Å². The predicted octanol–water partition coefficient (Wildman–Crippen LogP) is 1.71. The first-order valence-electron chi connectivity index (χ1n) is 8.98. The topological polar surface area (TPSA) is 88.2 Å². The van der Waals surface area contributed by atoms with Crippen molar-refractivity contribution in [2.75, 3.05) is 38.2 Å². The van der Waals surface area contributed by atoms with Crippen LogP contribution in [-0.2, 0) is 23.6 Å². The van der Waals surface area contributed by atoms with Crippen LogP contribution in [0.3, 0.4) is 0 Å². The highest BCUT2D eigenvalue weighted by atomic mass is 32.2. The van der Waals surface area contributed by atoms with Crippen molar-refractivity contribution in [1.82, 2.24) is 14.7 Å². The Labute approximate surface area is 159 Å². The molecule has 2 aliphatic heterocycles. The Balaban J connectivity index is 2.13. The number of esters is 1. The number of amides is 1. The van der Waals surface area contributed by atoms with Gasteiger partial charge in [-0.3, -0.25) is 14.2 Å². The van der Waals surface area contributed by atoms with Crippen molar-refractivity contribution >= 4 is 31.1 Å². The standard InChI is InChI=1S/C16H30N3O5PS/c1-12(2)24-16(21)13(3)17-25(22,11-23-4)19-7-5-6-14(19)15(20)18-8-9-26-10-18/h12-14H,5-11H2,1-4H3,(H,17,22)/t13-,14-,25?/m0/s1. The van der Waals surface area contributed by atoms with Crippen molar-refractivity contribution in [3.63, 3.8) is 0 Å². The fraction of sp³-hybridized carbons (Fsp3) is 0.875. The van der Waals surface area contributed by atoms with Gasteiger partial charge in [-0.1, -0.05) is 0 Å². The third-order valence-electron chi connectivity index (χ3n) is 4.39. The van der Waals surface area contributed by atoms with Gasteiger partial charge in [0.15, 0.2) is 0 Å². The van der Waals surface area contributed by atoms with Gasteiger partial charge >= 0.3 is 5.97 Å². The average molecular weight is 407 g/mol. The van der Waals surface area contributed by atoms with Crippen LogP contribution in [0.25, 0.3) is 0 Å². The van der Waals surface area contributed by atoms with E-state index in [1.165, 1.54) is 7.11 Å². The molecular weight excluding hydrogens is 377 g/mol. The number of methoxy groups -OCH3 is 1. The Morgan fingerprint density at radius 2 is 2.04 bits per heavy atom. The van der Waals surface area contributed by atoms with Crippen molar-refractivity contribution in [2.45, 2.75) is 51.8 Å². The van der Waals surface area contributed by atoms with Crippen LogP contribution in [0.5, 0.6) is 0 Å². The fourth-order valence-electron chi connectivity index (χ4n) is 3.24. The number of nitrogens with zero attached hydrogens (tertiary/aromatic N) is 2. The minimum atomic E-state index is -3.26. The van der Waals surface area contributed by atoms with Crippen molar-refractivity contribution in [2.24, 2.45) is 0 Å². The maximum Gasteiger partial charge on any atom is 0.323 e. The van der Waals surface area contributed by atoms with Crippen molar-refractivity contribution < 1.29 is 23.6 Å². The number of carbonyl (C=O) groups is 2. The third-order valence-corrected chi connectivity index (χ3v) is 8.07. The molecule has 0 aromatic heterocycles. The van der Waals surface area contributed by atoms with Crippen molar-refractivity contribution in [3.8, 4) is 0 Å². The molecule has 2 rings (SSSR count). The molecule has 0 radical (unpaired) electrons. The van der Waals surface area contributed by atoms with Gasteiger partial charge in [0.1, 0.15) is 12.4 Å². The second-order valence-corrected chi connectivity index (χ2v) is 10.4. The van der Waals surface area contributed by atoms with Crippen molar-refractivity contribution in [1.29, 1.82) is 0 Å². The molecule has 1 unspecified atom stereocenters. The van der Waals surface area contributed by atoms with Gasteiger partial charge < -0.3 is 14.4 Å². The van der Waals surface area contributed by atoms with E-state index in [-0.39, 0.29) is 18.4 Å². The quantitative estimate of drug-likeness (QED) is 0.481. The average Bonchev–Trinajstić information content (AvgIpc) is 3.25. The SMILES string of the molecule is COCP(=O)(N[C@@H](C)C(=O)OC(C)C)N1CCC[C@H]1C(=O)N1CCSC1. The van der Waals surface area contributed by atoms with Gasteiger partial charge in [0.25, 0.3) is 0 Å². The molecule has 10 heteroatoms. The van der Waals surface area contributed by atoms with Gasteiger partial charge in [-0.25, -0.2) is 9.76 Å².